The summed E-state index contributed by atoms with van der Waals surface area (Å²) in [5.41, 5.74) is 1.55. The number of phenols is 1. The summed E-state index contributed by atoms with van der Waals surface area (Å²) in [7, 11) is -4.06. The molecule has 12 heteroatoms. The van der Waals surface area contributed by atoms with Gasteiger partial charge in [-0.15, -0.1) is 0 Å². The van der Waals surface area contributed by atoms with Crippen LogP contribution in [0.3, 0.4) is 0 Å². The van der Waals surface area contributed by atoms with Gasteiger partial charge in [-0.1, -0.05) is 41.9 Å². The van der Waals surface area contributed by atoms with Crippen molar-refractivity contribution >= 4 is 50.5 Å². The van der Waals surface area contributed by atoms with E-state index in [4.69, 9.17) is 16.3 Å². The van der Waals surface area contributed by atoms with Crippen LogP contribution in [0.5, 0.6) is 11.5 Å². The third-order valence-corrected chi connectivity index (χ3v) is 9.48. The number of piperazine rings is 1. The first-order valence-corrected chi connectivity index (χ1v) is 14.6. The van der Waals surface area contributed by atoms with Crippen LogP contribution in [0, 0.1) is 0 Å². The maximum atomic E-state index is 13.6. The van der Waals surface area contributed by atoms with E-state index in [1.807, 2.05) is 4.90 Å². The number of amides is 1. The fourth-order valence-corrected chi connectivity index (χ4v) is 7.04. The van der Waals surface area contributed by atoms with Gasteiger partial charge >= 0.3 is 6.09 Å². The van der Waals surface area contributed by atoms with Crippen molar-refractivity contribution in [2.45, 2.75) is 11.4 Å². The molecule has 1 aromatic heterocycles. The second kappa shape index (κ2) is 10.3. The minimum atomic E-state index is -4.06. The highest BCUT2D eigenvalue weighted by atomic mass is 35.5. The number of halogens is 1. The molecular weight excluding hydrogens is 570 g/mol. The molecule has 210 valence electrons. The van der Waals surface area contributed by atoms with Gasteiger partial charge in [0.15, 0.2) is 5.76 Å². The van der Waals surface area contributed by atoms with Crippen LogP contribution in [0.15, 0.2) is 77.5 Å². The third kappa shape index (κ3) is 4.71. The van der Waals surface area contributed by atoms with Crippen LogP contribution in [0.4, 0.5) is 4.79 Å². The smallest absolute Gasteiger partial charge is 0.407 e. The summed E-state index contributed by atoms with van der Waals surface area (Å²) in [5.74, 6) is -0.224. The van der Waals surface area contributed by atoms with Crippen LogP contribution in [0.2, 0.25) is 5.02 Å². The van der Waals surface area contributed by atoms with E-state index in [0.29, 0.717) is 48.2 Å². The Morgan fingerprint density at radius 2 is 1.71 bits per heavy atom. The Labute approximate surface area is 240 Å². The number of nitrogens with zero attached hydrogens (tertiary/aromatic N) is 3. The standard InChI is InChI=1S/C29H24ClN3O7S/c30-22-6-2-4-8-26(22)41(38,39)33-16-18(19-5-1-3-7-23(19)33)15-25-27(35)20-9-10-24(34)21(28(20)40-25)17-31-11-13-32(14-12-31)29(36)37/h1-10,15-16,34H,11-14,17H2,(H,36,37)/b25-15-. The summed E-state index contributed by atoms with van der Waals surface area (Å²) in [6, 6.07) is 16.0. The van der Waals surface area contributed by atoms with Gasteiger partial charge in [0.25, 0.3) is 10.0 Å². The van der Waals surface area contributed by atoms with Crippen molar-refractivity contribution in [3.8, 4) is 11.5 Å². The molecule has 0 atom stereocenters. The zero-order valence-corrected chi connectivity index (χ0v) is 23.1. The maximum absolute atomic E-state index is 13.6. The zero-order chi connectivity index (χ0) is 28.9. The third-order valence-electron chi connectivity index (χ3n) is 7.31. The Hall–Kier alpha value is -4.32. The number of carbonyl (C=O) groups is 2. The number of phenolic OH excluding ortho intramolecular Hbond substituents is 1. The SMILES string of the molecule is O=C1/C(=C/c2cn(S(=O)(=O)c3ccccc3Cl)c3ccccc23)Oc2c1ccc(O)c2CN1CCN(C(=O)O)CC1. The summed E-state index contributed by atoms with van der Waals surface area (Å²) in [6.45, 7) is 1.85. The lowest BCUT2D eigenvalue weighted by Gasteiger charge is -2.33. The molecule has 0 spiro atoms. The van der Waals surface area contributed by atoms with Crippen molar-refractivity contribution in [2.24, 2.45) is 0 Å². The lowest BCUT2D eigenvalue weighted by molar-refractivity contribution is 0.101. The predicted octanol–water partition coefficient (Wildman–Crippen LogP) is 4.65. The van der Waals surface area contributed by atoms with E-state index >= 15 is 0 Å². The minimum absolute atomic E-state index is 0.0133. The molecule has 1 fully saturated rings. The molecule has 0 aliphatic carbocycles. The average Bonchev–Trinajstić information content (AvgIpc) is 3.49. The Kier molecular flexibility index (Phi) is 6.72. The van der Waals surface area contributed by atoms with Gasteiger partial charge in [0.1, 0.15) is 16.4 Å². The van der Waals surface area contributed by atoms with Gasteiger partial charge in [-0.2, -0.15) is 0 Å². The predicted molar refractivity (Wildman–Crippen MR) is 152 cm³/mol. The number of hydrogen-bond donors (Lipinski definition) is 2. The number of carboxylic acid groups (broad SMARTS) is 1. The van der Waals surface area contributed by atoms with Crippen molar-refractivity contribution in [2.75, 3.05) is 26.2 Å². The van der Waals surface area contributed by atoms with Crippen LogP contribution in [0.1, 0.15) is 21.5 Å². The number of allylic oxidation sites excluding steroid dienone is 1. The van der Waals surface area contributed by atoms with Gasteiger partial charge in [0.2, 0.25) is 5.78 Å². The molecule has 3 aromatic carbocycles. The number of aromatic hydroxyl groups is 1. The normalized spacial score (nSPS) is 16.8. The van der Waals surface area contributed by atoms with Gasteiger partial charge in [0, 0.05) is 49.9 Å². The van der Waals surface area contributed by atoms with Gasteiger partial charge in [0.05, 0.1) is 21.7 Å². The number of para-hydroxylation sites is 1. The molecule has 2 aliphatic heterocycles. The molecule has 2 N–H and O–H groups in total. The largest absolute Gasteiger partial charge is 0.507 e. The first kappa shape index (κ1) is 26.9. The highest BCUT2D eigenvalue weighted by molar-refractivity contribution is 7.90. The number of aromatic nitrogens is 1. The first-order valence-electron chi connectivity index (χ1n) is 12.7. The maximum Gasteiger partial charge on any atom is 0.407 e. The van der Waals surface area contributed by atoms with Crippen molar-refractivity contribution < 1.29 is 33.0 Å². The molecule has 1 saturated heterocycles. The number of ketones is 1. The summed E-state index contributed by atoms with van der Waals surface area (Å²) >= 11 is 6.22. The molecule has 3 heterocycles. The number of carbonyl (C=O) groups excluding carboxylic acids is 1. The Bertz CT molecular complexity index is 1860. The Morgan fingerprint density at radius 3 is 2.44 bits per heavy atom. The summed E-state index contributed by atoms with van der Waals surface area (Å²) in [5, 5.41) is 20.5. The van der Waals surface area contributed by atoms with E-state index in [1.54, 1.807) is 36.4 Å². The summed E-state index contributed by atoms with van der Waals surface area (Å²) < 4.78 is 34.3. The summed E-state index contributed by atoms with van der Waals surface area (Å²) in [6.07, 6.45) is 1.95. The van der Waals surface area contributed by atoms with E-state index < -0.39 is 21.9 Å². The Balaban J connectivity index is 1.35. The van der Waals surface area contributed by atoms with Crippen molar-refractivity contribution in [1.82, 2.24) is 13.8 Å². The molecule has 10 nitrogen and oxygen atoms in total. The average molecular weight is 594 g/mol. The molecule has 4 aromatic rings. The van der Waals surface area contributed by atoms with Crippen LogP contribution in [-0.2, 0) is 16.6 Å². The highest BCUT2D eigenvalue weighted by Crippen LogP contribution is 2.41. The van der Waals surface area contributed by atoms with Crippen molar-refractivity contribution in [1.29, 1.82) is 0 Å². The van der Waals surface area contributed by atoms with E-state index in [-0.39, 0.29) is 39.3 Å². The van der Waals surface area contributed by atoms with Crippen LogP contribution < -0.4 is 4.74 Å². The molecule has 0 bridgehead atoms. The van der Waals surface area contributed by atoms with Crippen molar-refractivity contribution in [3.05, 3.63) is 94.3 Å². The molecule has 0 radical (unpaired) electrons. The van der Waals surface area contributed by atoms with Crippen LogP contribution >= 0.6 is 11.6 Å². The highest BCUT2D eigenvalue weighted by Gasteiger charge is 2.33. The number of benzene rings is 3. The van der Waals surface area contributed by atoms with E-state index in [0.717, 1.165) is 3.97 Å². The second-order valence-electron chi connectivity index (χ2n) is 9.76. The first-order chi connectivity index (χ1) is 19.6. The van der Waals surface area contributed by atoms with Gasteiger partial charge in [-0.05, 0) is 36.4 Å². The van der Waals surface area contributed by atoms with E-state index in [2.05, 4.69) is 0 Å². The lowest BCUT2D eigenvalue weighted by Crippen LogP contribution is -2.47. The minimum Gasteiger partial charge on any atom is -0.507 e. The van der Waals surface area contributed by atoms with Gasteiger partial charge < -0.3 is 19.8 Å². The number of fused-ring (bicyclic) bond motifs is 2. The number of rotatable bonds is 5. The van der Waals surface area contributed by atoms with Crippen LogP contribution in [0.25, 0.3) is 17.0 Å². The van der Waals surface area contributed by atoms with Crippen LogP contribution in [-0.4, -0.2) is 70.5 Å². The molecule has 1 amide bonds. The fraction of sp³-hybridized carbons (Fsp3) is 0.172. The Morgan fingerprint density at radius 1 is 1.00 bits per heavy atom. The van der Waals surface area contributed by atoms with E-state index in [9.17, 15) is 28.2 Å². The molecule has 6 rings (SSSR count). The zero-order valence-electron chi connectivity index (χ0n) is 21.5. The topological polar surface area (TPSA) is 129 Å². The van der Waals surface area contributed by atoms with Gasteiger partial charge in [-0.3, -0.25) is 9.69 Å². The molecule has 0 saturated carbocycles. The number of ether oxygens (including phenoxy) is 1. The van der Waals surface area contributed by atoms with Crippen molar-refractivity contribution in [3.63, 3.8) is 0 Å². The second-order valence-corrected chi connectivity index (χ2v) is 11.9. The number of Topliss-reactive ketones (excluding diaryl/α,β-unsaturated/α-hetero) is 1. The molecular formula is C29H24ClN3O7S. The quantitative estimate of drug-likeness (QED) is 0.320. The fourth-order valence-electron chi connectivity index (χ4n) is 5.16. The monoisotopic (exact) mass is 593 g/mol. The molecule has 41 heavy (non-hydrogen) atoms. The van der Waals surface area contributed by atoms with Gasteiger partial charge in [-0.25, -0.2) is 17.2 Å². The van der Waals surface area contributed by atoms with E-state index in [1.165, 1.54) is 41.4 Å². The molecule has 0 unspecified atom stereocenters. The summed E-state index contributed by atoms with van der Waals surface area (Å²) in [4.78, 5) is 27.9. The number of hydrogen-bond acceptors (Lipinski definition) is 7. The lowest BCUT2D eigenvalue weighted by atomic mass is 10.0. The molecule has 2 aliphatic rings.